The van der Waals surface area contributed by atoms with Crippen molar-refractivity contribution in [2.75, 3.05) is 13.1 Å². The zero-order valence-electron chi connectivity index (χ0n) is 12.1. The van der Waals surface area contributed by atoms with E-state index >= 15 is 0 Å². The van der Waals surface area contributed by atoms with Crippen molar-refractivity contribution in [1.29, 1.82) is 0 Å². The molecule has 0 aliphatic carbocycles. The predicted octanol–water partition coefficient (Wildman–Crippen LogP) is 2.52. The standard InChI is InChI=1S/C15H22N2O2S/c1-11(2)10-14(18)17-7-5-12(6-8-17)16-15(19)13-4-3-9-20-13/h3-4,9,11-12H,5-8,10H2,1-2H3,(H,16,19). The van der Waals surface area contributed by atoms with Crippen molar-refractivity contribution >= 4 is 23.2 Å². The van der Waals surface area contributed by atoms with Gasteiger partial charge in [0.15, 0.2) is 0 Å². The van der Waals surface area contributed by atoms with E-state index in [4.69, 9.17) is 0 Å². The molecule has 1 aliphatic heterocycles. The molecule has 0 radical (unpaired) electrons. The highest BCUT2D eigenvalue weighted by Crippen LogP contribution is 2.15. The van der Waals surface area contributed by atoms with E-state index in [0.29, 0.717) is 12.3 Å². The van der Waals surface area contributed by atoms with Crippen LogP contribution in [-0.2, 0) is 4.79 Å². The van der Waals surface area contributed by atoms with E-state index in [1.54, 1.807) is 0 Å². The van der Waals surface area contributed by atoms with E-state index in [1.807, 2.05) is 22.4 Å². The van der Waals surface area contributed by atoms with Gasteiger partial charge < -0.3 is 10.2 Å². The summed E-state index contributed by atoms with van der Waals surface area (Å²) < 4.78 is 0. The summed E-state index contributed by atoms with van der Waals surface area (Å²) in [5, 5.41) is 4.96. The van der Waals surface area contributed by atoms with Crippen molar-refractivity contribution in [2.24, 2.45) is 5.92 Å². The third-order valence-corrected chi connectivity index (χ3v) is 4.38. The van der Waals surface area contributed by atoms with Gasteiger partial charge in [0.2, 0.25) is 5.91 Å². The fourth-order valence-electron chi connectivity index (χ4n) is 2.42. The Bertz CT molecular complexity index is 448. The highest BCUT2D eigenvalue weighted by Gasteiger charge is 2.24. The Morgan fingerprint density at radius 3 is 2.65 bits per heavy atom. The van der Waals surface area contributed by atoms with Crippen LogP contribution >= 0.6 is 11.3 Å². The predicted molar refractivity (Wildman–Crippen MR) is 80.8 cm³/mol. The molecule has 1 N–H and O–H groups in total. The summed E-state index contributed by atoms with van der Waals surface area (Å²) in [6.45, 7) is 5.62. The lowest BCUT2D eigenvalue weighted by Gasteiger charge is -2.32. The number of hydrogen-bond donors (Lipinski definition) is 1. The quantitative estimate of drug-likeness (QED) is 0.927. The Morgan fingerprint density at radius 2 is 2.10 bits per heavy atom. The Hall–Kier alpha value is -1.36. The van der Waals surface area contributed by atoms with Crippen molar-refractivity contribution in [3.63, 3.8) is 0 Å². The van der Waals surface area contributed by atoms with Gasteiger partial charge >= 0.3 is 0 Å². The Labute approximate surface area is 124 Å². The summed E-state index contributed by atoms with van der Waals surface area (Å²) in [7, 11) is 0. The first-order chi connectivity index (χ1) is 9.56. The van der Waals surface area contributed by atoms with Crippen LogP contribution < -0.4 is 5.32 Å². The van der Waals surface area contributed by atoms with Crippen molar-refractivity contribution in [1.82, 2.24) is 10.2 Å². The minimum Gasteiger partial charge on any atom is -0.348 e. The molecule has 0 saturated carbocycles. The molecule has 1 aromatic heterocycles. The lowest BCUT2D eigenvalue weighted by atomic mass is 10.0. The van der Waals surface area contributed by atoms with Crippen molar-refractivity contribution in [3.8, 4) is 0 Å². The summed E-state index contributed by atoms with van der Waals surface area (Å²) in [5.41, 5.74) is 0. The maximum Gasteiger partial charge on any atom is 0.261 e. The normalized spacial score (nSPS) is 16.4. The van der Waals surface area contributed by atoms with Crippen LogP contribution in [0.25, 0.3) is 0 Å². The lowest BCUT2D eigenvalue weighted by Crippen LogP contribution is -2.46. The summed E-state index contributed by atoms with van der Waals surface area (Å²) in [5.74, 6) is 0.647. The number of hydrogen-bond acceptors (Lipinski definition) is 3. The van der Waals surface area contributed by atoms with Gasteiger partial charge in [-0.25, -0.2) is 0 Å². The van der Waals surface area contributed by atoms with Gasteiger partial charge in [0.1, 0.15) is 0 Å². The molecular weight excluding hydrogens is 272 g/mol. The third kappa shape index (κ3) is 4.07. The second-order valence-corrected chi connectivity index (χ2v) is 6.65. The molecule has 1 aromatic rings. The Balaban J connectivity index is 1.77. The molecular formula is C15H22N2O2S. The SMILES string of the molecule is CC(C)CC(=O)N1CCC(NC(=O)c2cccs2)CC1. The van der Waals surface area contributed by atoms with E-state index in [2.05, 4.69) is 19.2 Å². The van der Waals surface area contributed by atoms with E-state index in [9.17, 15) is 9.59 Å². The smallest absolute Gasteiger partial charge is 0.261 e. The number of carbonyl (C=O) groups is 2. The van der Waals surface area contributed by atoms with E-state index in [-0.39, 0.29) is 17.9 Å². The fourth-order valence-corrected chi connectivity index (χ4v) is 3.04. The molecule has 0 atom stereocenters. The molecule has 0 spiro atoms. The van der Waals surface area contributed by atoms with Gasteiger partial charge in [-0.15, -0.1) is 11.3 Å². The van der Waals surface area contributed by atoms with Crippen LogP contribution in [-0.4, -0.2) is 35.8 Å². The molecule has 1 fully saturated rings. The maximum absolute atomic E-state index is 12.0. The van der Waals surface area contributed by atoms with Crippen LogP contribution in [0.4, 0.5) is 0 Å². The van der Waals surface area contributed by atoms with E-state index < -0.39 is 0 Å². The van der Waals surface area contributed by atoms with Gasteiger partial charge in [0.05, 0.1) is 4.88 Å². The summed E-state index contributed by atoms with van der Waals surface area (Å²) >= 11 is 1.46. The van der Waals surface area contributed by atoms with Gasteiger partial charge in [-0.1, -0.05) is 19.9 Å². The fraction of sp³-hybridized carbons (Fsp3) is 0.600. The number of likely N-dealkylation sites (tertiary alicyclic amines) is 1. The molecule has 0 aromatic carbocycles. The highest BCUT2D eigenvalue weighted by atomic mass is 32.1. The zero-order valence-corrected chi connectivity index (χ0v) is 12.9. The third-order valence-electron chi connectivity index (χ3n) is 3.51. The lowest BCUT2D eigenvalue weighted by molar-refractivity contribution is -0.133. The molecule has 4 nitrogen and oxygen atoms in total. The minimum absolute atomic E-state index is 0.00644. The van der Waals surface area contributed by atoms with Crippen LogP contribution in [0.5, 0.6) is 0 Å². The second kappa shape index (κ2) is 6.88. The first-order valence-corrected chi connectivity index (χ1v) is 8.06. The van der Waals surface area contributed by atoms with Gasteiger partial charge in [0, 0.05) is 25.6 Å². The van der Waals surface area contributed by atoms with Crippen LogP contribution in [0.15, 0.2) is 17.5 Å². The maximum atomic E-state index is 12.0. The number of piperidine rings is 1. The van der Waals surface area contributed by atoms with Crippen molar-refractivity contribution in [3.05, 3.63) is 22.4 Å². The van der Waals surface area contributed by atoms with Crippen molar-refractivity contribution < 1.29 is 9.59 Å². The van der Waals surface area contributed by atoms with Gasteiger partial charge in [-0.2, -0.15) is 0 Å². The van der Waals surface area contributed by atoms with Gasteiger partial charge in [-0.05, 0) is 30.2 Å². The van der Waals surface area contributed by atoms with E-state index in [1.165, 1.54) is 11.3 Å². The van der Waals surface area contributed by atoms with E-state index in [0.717, 1.165) is 30.8 Å². The van der Waals surface area contributed by atoms with Crippen LogP contribution in [0, 0.1) is 5.92 Å². The summed E-state index contributed by atoms with van der Waals surface area (Å²) in [4.78, 5) is 26.6. The number of nitrogens with zero attached hydrogens (tertiary/aromatic N) is 1. The number of amides is 2. The molecule has 2 amide bonds. The van der Waals surface area contributed by atoms with Gasteiger partial charge in [-0.3, -0.25) is 9.59 Å². The average molecular weight is 294 g/mol. The number of nitrogens with one attached hydrogen (secondary N) is 1. The molecule has 2 rings (SSSR count). The van der Waals surface area contributed by atoms with Crippen LogP contribution in [0.2, 0.25) is 0 Å². The minimum atomic E-state index is 0.00644. The topological polar surface area (TPSA) is 49.4 Å². The van der Waals surface area contributed by atoms with Crippen LogP contribution in [0.3, 0.4) is 0 Å². The van der Waals surface area contributed by atoms with Crippen LogP contribution in [0.1, 0.15) is 42.8 Å². The monoisotopic (exact) mass is 294 g/mol. The summed E-state index contributed by atoms with van der Waals surface area (Å²) in [6.07, 6.45) is 2.31. The molecule has 20 heavy (non-hydrogen) atoms. The molecule has 0 bridgehead atoms. The Kier molecular flexibility index (Phi) is 5.17. The second-order valence-electron chi connectivity index (χ2n) is 5.70. The molecule has 0 unspecified atom stereocenters. The average Bonchev–Trinajstić information content (AvgIpc) is 2.92. The molecule has 1 saturated heterocycles. The number of carbonyl (C=O) groups excluding carboxylic acids is 2. The molecule has 2 heterocycles. The molecule has 5 heteroatoms. The first-order valence-electron chi connectivity index (χ1n) is 7.18. The Morgan fingerprint density at radius 1 is 1.40 bits per heavy atom. The zero-order chi connectivity index (χ0) is 14.5. The number of thiophene rings is 1. The molecule has 1 aliphatic rings. The number of rotatable bonds is 4. The summed E-state index contributed by atoms with van der Waals surface area (Å²) in [6, 6.07) is 3.90. The highest BCUT2D eigenvalue weighted by molar-refractivity contribution is 7.12. The first kappa shape index (κ1) is 15.0. The van der Waals surface area contributed by atoms with Gasteiger partial charge in [0.25, 0.3) is 5.91 Å². The molecule has 110 valence electrons. The van der Waals surface area contributed by atoms with Crippen molar-refractivity contribution in [2.45, 2.75) is 39.2 Å². The largest absolute Gasteiger partial charge is 0.348 e.